The maximum atomic E-state index is 14.4. The first-order valence-corrected chi connectivity index (χ1v) is 14.9. The van der Waals surface area contributed by atoms with Gasteiger partial charge in [-0.1, -0.05) is 64.1 Å². The molecule has 9 nitrogen and oxygen atoms in total. The van der Waals surface area contributed by atoms with E-state index in [0.717, 1.165) is 6.92 Å². The Balaban J connectivity index is 1.43. The van der Waals surface area contributed by atoms with E-state index in [9.17, 15) is 43.8 Å². The van der Waals surface area contributed by atoms with Crippen molar-refractivity contribution in [3.8, 4) is 5.75 Å². The minimum atomic E-state index is -2.77. The number of carbonyl (C=O) groups excluding carboxylic acids is 7. The Labute approximate surface area is 254 Å². The van der Waals surface area contributed by atoms with Crippen LogP contribution in [0.15, 0.2) is 36.4 Å². The minimum Gasteiger partial charge on any atom is -0.507 e. The van der Waals surface area contributed by atoms with E-state index in [-0.39, 0.29) is 42.0 Å². The molecule has 0 bridgehead atoms. The van der Waals surface area contributed by atoms with Crippen molar-refractivity contribution in [2.45, 2.75) is 59.5 Å². The van der Waals surface area contributed by atoms with Crippen molar-refractivity contribution in [3.05, 3.63) is 64.2 Å². The molecule has 0 saturated heterocycles. The van der Waals surface area contributed by atoms with Gasteiger partial charge in [0.05, 0.1) is 17.4 Å². The molecule has 6 rings (SSSR count). The number of Topliss-reactive ketones (excluding diaryl/α,β-unsaturated/α-hetero) is 7. The largest absolute Gasteiger partial charge is 0.507 e. The van der Waals surface area contributed by atoms with Gasteiger partial charge in [0, 0.05) is 22.5 Å². The second-order valence-electron chi connectivity index (χ2n) is 14.0. The Kier molecular flexibility index (Phi) is 6.43. The van der Waals surface area contributed by atoms with Gasteiger partial charge in [0.15, 0.2) is 40.3 Å². The lowest BCUT2D eigenvalue weighted by molar-refractivity contribution is -0.205. The number of hydrogen-bond donors (Lipinski definition) is 2. The number of carbonyl (C=O) groups is 7. The highest BCUT2D eigenvalue weighted by atomic mass is 16.3. The molecule has 0 heterocycles. The van der Waals surface area contributed by atoms with E-state index in [1.165, 1.54) is 6.92 Å². The average molecular weight is 599 g/mol. The van der Waals surface area contributed by atoms with E-state index in [4.69, 9.17) is 0 Å². The van der Waals surface area contributed by atoms with Crippen LogP contribution in [0, 0.1) is 40.4 Å². The Morgan fingerprint density at radius 2 is 1.50 bits per heavy atom. The lowest BCUT2D eigenvalue weighted by Gasteiger charge is -2.61. The lowest BCUT2D eigenvalue weighted by Crippen LogP contribution is -2.76. The molecule has 6 atom stereocenters. The number of fused-ring (bicyclic) bond motifs is 4. The number of phenolic OH excluding ortho intramolecular Hbond substituents is 1. The van der Waals surface area contributed by atoms with Crippen molar-refractivity contribution in [1.29, 1.82) is 0 Å². The zero-order valence-electron chi connectivity index (χ0n) is 25.2. The monoisotopic (exact) mass is 598 g/mol. The molecule has 2 N–H and O–H groups in total. The second kappa shape index (κ2) is 9.44. The SMILES string of the molecule is CC(=O)C1C(=O)C(C(C)C)[C@@]2(C)C[C@@]3(C)Cc4ccc(CC5C(=O)c6ccccc6C5=O)c(O)c4C(=O)C3C(=O)[C@@]2(O)C1=O. The molecule has 0 aromatic heterocycles. The predicted octanol–water partition coefficient (Wildman–Crippen LogP) is 3.33. The second-order valence-corrected chi connectivity index (χ2v) is 14.0. The van der Waals surface area contributed by atoms with E-state index >= 15 is 0 Å². The minimum absolute atomic E-state index is 0.0328. The van der Waals surface area contributed by atoms with E-state index < -0.39 is 80.7 Å². The summed E-state index contributed by atoms with van der Waals surface area (Å²) >= 11 is 0. The number of aliphatic hydroxyl groups is 1. The van der Waals surface area contributed by atoms with Crippen molar-refractivity contribution in [2.24, 2.45) is 40.4 Å². The summed E-state index contributed by atoms with van der Waals surface area (Å²) in [5, 5.41) is 23.5. The number of ketones is 7. The van der Waals surface area contributed by atoms with Gasteiger partial charge >= 0.3 is 0 Å². The third-order valence-corrected chi connectivity index (χ3v) is 10.8. The third-order valence-electron chi connectivity index (χ3n) is 10.8. The zero-order chi connectivity index (χ0) is 32.3. The third kappa shape index (κ3) is 3.59. The van der Waals surface area contributed by atoms with Gasteiger partial charge in [0.1, 0.15) is 17.5 Å². The summed E-state index contributed by atoms with van der Waals surface area (Å²) in [6.07, 6.45) is -0.0669. The first-order valence-electron chi connectivity index (χ1n) is 14.9. The zero-order valence-corrected chi connectivity index (χ0v) is 25.2. The highest BCUT2D eigenvalue weighted by Crippen LogP contribution is 2.63. The molecule has 4 aliphatic carbocycles. The van der Waals surface area contributed by atoms with Gasteiger partial charge in [0.25, 0.3) is 0 Å². The summed E-state index contributed by atoms with van der Waals surface area (Å²) in [6.45, 7) is 7.78. The molecular weight excluding hydrogens is 564 g/mol. The fraction of sp³-hybridized carbons (Fsp3) is 0.457. The van der Waals surface area contributed by atoms with Gasteiger partial charge in [-0.3, -0.25) is 33.6 Å². The summed E-state index contributed by atoms with van der Waals surface area (Å²) in [6, 6.07) is 9.67. The first-order chi connectivity index (χ1) is 20.5. The van der Waals surface area contributed by atoms with Crippen LogP contribution in [0.4, 0.5) is 0 Å². The standard InChI is InChI=1S/C35H34O9/c1-15(2)24-29(40)22(16(3)36)31(42)35(44)32(43)25-30(41)23-18(13-33(25,4)14-34(24,35)5)11-10-17(26(23)37)12-21-27(38)19-8-6-7-9-20(19)28(21)39/h6-11,15,21-22,24-25,37,44H,12-14H2,1-5H3/t22?,24?,25?,33-,34-,35+/m1/s1. The molecule has 0 amide bonds. The van der Waals surface area contributed by atoms with E-state index in [2.05, 4.69) is 0 Å². The normalized spacial score (nSPS) is 33.3. The lowest BCUT2D eigenvalue weighted by atomic mass is 9.40. The summed E-state index contributed by atoms with van der Waals surface area (Å²) in [4.78, 5) is 94.6. The molecule has 0 spiro atoms. The van der Waals surface area contributed by atoms with Gasteiger partial charge in [0.2, 0.25) is 0 Å². The quantitative estimate of drug-likeness (QED) is 0.503. The van der Waals surface area contributed by atoms with E-state index in [1.54, 1.807) is 57.2 Å². The van der Waals surface area contributed by atoms with Crippen LogP contribution in [0.5, 0.6) is 5.75 Å². The average Bonchev–Trinajstić information content (AvgIpc) is 3.16. The van der Waals surface area contributed by atoms with Crippen molar-refractivity contribution in [3.63, 3.8) is 0 Å². The van der Waals surface area contributed by atoms with E-state index in [0.29, 0.717) is 16.7 Å². The number of rotatable bonds is 4. The Morgan fingerprint density at radius 1 is 0.909 bits per heavy atom. The van der Waals surface area contributed by atoms with Crippen molar-refractivity contribution >= 4 is 40.5 Å². The van der Waals surface area contributed by atoms with Crippen LogP contribution in [-0.2, 0) is 32.0 Å². The molecule has 4 aliphatic rings. The van der Waals surface area contributed by atoms with Crippen LogP contribution in [0.2, 0.25) is 0 Å². The van der Waals surface area contributed by atoms with Crippen molar-refractivity contribution in [1.82, 2.24) is 0 Å². The van der Waals surface area contributed by atoms with E-state index in [1.807, 2.05) is 0 Å². The molecule has 2 aromatic carbocycles. The van der Waals surface area contributed by atoms with Gasteiger partial charge < -0.3 is 10.2 Å². The van der Waals surface area contributed by atoms with Crippen LogP contribution in [0.25, 0.3) is 0 Å². The van der Waals surface area contributed by atoms with Crippen LogP contribution in [0.3, 0.4) is 0 Å². The maximum absolute atomic E-state index is 14.4. The van der Waals surface area contributed by atoms with Crippen molar-refractivity contribution in [2.75, 3.05) is 0 Å². The Morgan fingerprint density at radius 3 is 2.05 bits per heavy atom. The van der Waals surface area contributed by atoms with Gasteiger partial charge in [-0.25, -0.2) is 0 Å². The molecule has 3 unspecified atom stereocenters. The Hall–Kier alpha value is -4.11. The molecule has 2 saturated carbocycles. The summed E-state index contributed by atoms with van der Waals surface area (Å²) < 4.78 is 0. The fourth-order valence-corrected chi connectivity index (χ4v) is 9.15. The van der Waals surface area contributed by atoms with Gasteiger partial charge in [-0.15, -0.1) is 0 Å². The first kappa shape index (κ1) is 29.9. The number of hydrogen-bond acceptors (Lipinski definition) is 9. The summed E-state index contributed by atoms with van der Waals surface area (Å²) in [7, 11) is 0. The smallest absolute Gasteiger partial charge is 0.190 e. The van der Waals surface area contributed by atoms with Gasteiger partial charge in [-0.2, -0.15) is 0 Å². The molecule has 2 fully saturated rings. The molecule has 9 heteroatoms. The molecule has 0 radical (unpaired) electrons. The number of phenols is 1. The van der Waals surface area contributed by atoms with Crippen LogP contribution < -0.4 is 0 Å². The highest BCUT2D eigenvalue weighted by molar-refractivity contribution is 6.32. The topological polar surface area (TPSA) is 160 Å². The van der Waals surface area contributed by atoms with Crippen LogP contribution in [0.1, 0.15) is 83.2 Å². The molecule has 44 heavy (non-hydrogen) atoms. The Bertz CT molecular complexity index is 1710. The summed E-state index contributed by atoms with van der Waals surface area (Å²) in [5.41, 5.74) is -4.39. The van der Waals surface area contributed by atoms with Crippen molar-refractivity contribution < 1.29 is 43.8 Å². The number of benzene rings is 2. The predicted molar refractivity (Wildman–Crippen MR) is 155 cm³/mol. The molecule has 228 valence electrons. The fourth-order valence-electron chi connectivity index (χ4n) is 9.15. The molecular formula is C35H34O9. The number of aromatic hydroxyl groups is 1. The highest BCUT2D eigenvalue weighted by Gasteiger charge is 2.76. The van der Waals surface area contributed by atoms with Crippen LogP contribution in [-0.4, -0.2) is 56.3 Å². The van der Waals surface area contributed by atoms with Crippen LogP contribution >= 0.6 is 0 Å². The maximum Gasteiger partial charge on any atom is 0.190 e. The van der Waals surface area contributed by atoms with Gasteiger partial charge in [-0.05, 0) is 48.6 Å². The summed E-state index contributed by atoms with van der Waals surface area (Å²) in [5.74, 6) is -11.5. The molecule has 0 aliphatic heterocycles. The molecule has 2 aromatic rings.